The van der Waals surface area contributed by atoms with Crippen molar-refractivity contribution >= 4 is 5.91 Å². The fourth-order valence-corrected chi connectivity index (χ4v) is 1.38. The van der Waals surface area contributed by atoms with Gasteiger partial charge >= 0.3 is 0 Å². The molecule has 1 fully saturated rings. The Bertz CT molecular complexity index is 305. The third-order valence-corrected chi connectivity index (χ3v) is 2.47. The number of hydrogen-bond donors (Lipinski definition) is 3. The van der Waals surface area contributed by atoms with Gasteiger partial charge in [0.05, 0.1) is 0 Å². The Kier molecular flexibility index (Phi) is 2.49. The van der Waals surface area contributed by atoms with Crippen LogP contribution >= 0.6 is 0 Å². The first-order valence-corrected chi connectivity index (χ1v) is 4.80. The minimum Gasteiger partial charge on any atom is -0.349 e. The summed E-state index contributed by atoms with van der Waals surface area (Å²) >= 11 is 0. The van der Waals surface area contributed by atoms with E-state index in [4.69, 9.17) is 5.73 Å². The molecule has 0 spiro atoms. The van der Waals surface area contributed by atoms with Crippen molar-refractivity contribution in [1.82, 2.24) is 15.5 Å². The number of rotatable bonds is 4. The van der Waals surface area contributed by atoms with Gasteiger partial charge in [0.25, 0.3) is 5.91 Å². The van der Waals surface area contributed by atoms with Crippen LogP contribution in [0.1, 0.15) is 23.3 Å². The molecule has 0 aromatic carbocycles. The minimum atomic E-state index is -0.140. The van der Waals surface area contributed by atoms with Crippen LogP contribution in [0, 0.1) is 5.92 Å². The quantitative estimate of drug-likeness (QED) is 0.624. The van der Waals surface area contributed by atoms with Gasteiger partial charge in [-0.3, -0.25) is 9.89 Å². The normalized spacial score (nSPS) is 17.8. The van der Waals surface area contributed by atoms with Crippen molar-refractivity contribution in [2.24, 2.45) is 11.7 Å². The summed E-state index contributed by atoms with van der Waals surface area (Å²) in [6.07, 6.45) is 3.94. The van der Waals surface area contributed by atoms with Crippen molar-refractivity contribution in [3.63, 3.8) is 0 Å². The molecule has 1 heterocycles. The van der Waals surface area contributed by atoms with Gasteiger partial charge in [-0.25, -0.2) is 0 Å². The van der Waals surface area contributed by atoms with Crippen LogP contribution in [0.5, 0.6) is 0 Å². The molecule has 0 saturated heterocycles. The van der Waals surface area contributed by atoms with Crippen LogP contribution in [0.15, 0.2) is 12.3 Å². The molecule has 1 aliphatic rings. The molecule has 5 nitrogen and oxygen atoms in total. The van der Waals surface area contributed by atoms with Crippen molar-refractivity contribution in [2.75, 3.05) is 6.54 Å². The number of amides is 1. The van der Waals surface area contributed by atoms with Crippen molar-refractivity contribution in [3.8, 4) is 0 Å². The number of carbonyl (C=O) groups excluding carboxylic acids is 1. The van der Waals surface area contributed by atoms with Gasteiger partial charge < -0.3 is 11.1 Å². The monoisotopic (exact) mass is 194 g/mol. The van der Waals surface area contributed by atoms with Crippen molar-refractivity contribution in [1.29, 1.82) is 0 Å². The molecule has 1 aromatic rings. The van der Waals surface area contributed by atoms with Gasteiger partial charge in [-0.15, -0.1) is 0 Å². The van der Waals surface area contributed by atoms with Gasteiger partial charge in [-0.1, -0.05) is 0 Å². The van der Waals surface area contributed by atoms with Gasteiger partial charge in [0.1, 0.15) is 5.69 Å². The maximum Gasteiger partial charge on any atom is 0.269 e. The molecule has 1 aliphatic carbocycles. The predicted molar refractivity (Wildman–Crippen MR) is 51.6 cm³/mol. The highest BCUT2D eigenvalue weighted by molar-refractivity contribution is 5.92. The lowest BCUT2D eigenvalue weighted by molar-refractivity contribution is 0.0945. The highest BCUT2D eigenvalue weighted by Gasteiger charge is 2.28. The van der Waals surface area contributed by atoms with Crippen LogP contribution in [0.25, 0.3) is 0 Å². The molecule has 0 bridgehead atoms. The molecule has 0 radical (unpaired) electrons. The average Bonchev–Trinajstić information content (AvgIpc) is 2.90. The zero-order chi connectivity index (χ0) is 9.97. The van der Waals surface area contributed by atoms with E-state index in [2.05, 4.69) is 15.5 Å². The summed E-state index contributed by atoms with van der Waals surface area (Å²) < 4.78 is 0. The molecular formula is C9H14N4O. The molecule has 0 aliphatic heterocycles. The molecule has 1 aromatic heterocycles. The fourth-order valence-electron chi connectivity index (χ4n) is 1.38. The van der Waals surface area contributed by atoms with Gasteiger partial charge in [-0.2, -0.15) is 5.10 Å². The first-order valence-electron chi connectivity index (χ1n) is 4.80. The second kappa shape index (κ2) is 3.79. The van der Waals surface area contributed by atoms with Gasteiger partial charge in [-0.05, 0) is 24.8 Å². The Labute approximate surface area is 82.1 Å². The molecule has 14 heavy (non-hydrogen) atoms. The zero-order valence-corrected chi connectivity index (χ0v) is 7.86. The predicted octanol–water partition coefficient (Wildman–Crippen LogP) is -0.123. The molecule has 1 atom stereocenters. The molecule has 76 valence electrons. The number of H-pyrrole nitrogens is 1. The summed E-state index contributed by atoms with van der Waals surface area (Å²) in [6.45, 7) is 0.544. The summed E-state index contributed by atoms with van der Waals surface area (Å²) in [5.41, 5.74) is 6.32. The van der Waals surface area contributed by atoms with E-state index in [9.17, 15) is 4.79 Å². The number of hydrogen-bond acceptors (Lipinski definition) is 3. The average molecular weight is 194 g/mol. The lowest BCUT2D eigenvalue weighted by atomic mass is 10.2. The maximum absolute atomic E-state index is 11.4. The Morgan fingerprint density at radius 2 is 2.57 bits per heavy atom. The van der Waals surface area contributed by atoms with Crippen LogP contribution in [0.2, 0.25) is 0 Å². The third kappa shape index (κ3) is 2.11. The van der Waals surface area contributed by atoms with Crippen LogP contribution in [0.3, 0.4) is 0 Å². The summed E-state index contributed by atoms with van der Waals surface area (Å²) in [6, 6.07) is 1.74. The Morgan fingerprint density at radius 1 is 1.79 bits per heavy atom. The number of nitrogens with zero attached hydrogens (tertiary/aromatic N) is 1. The van der Waals surface area contributed by atoms with E-state index in [1.54, 1.807) is 12.3 Å². The molecule has 2 rings (SSSR count). The number of nitrogens with two attached hydrogens (primary N) is 1. The second-order valence-corrected chi connectivity index (χ2v) is 3.68. The van der Waals surface area contributed by atoms with Crippen molar-refractivity contribution in [2.45, 2.75) is 18.9 Å². The van der Waals surface area contributed by atoms with Gasteiger partial charge in [0.2, 0.25) is 0 Å². The third-order valence-electron chi connectivity index (χ3n) is 2.47. The minimum absolute atomic E-state index is 0.0990. The summed E-state index contributed by atoms with van der Waals surface area (Å²) in [4.78, 5) is 11.4. The summed E-state index contributed by atoms with van der Waals surface area (Å²) in [5.74, 6) is 0.468. The van der Waals surface area contributed by atoms with Crippen molar-refractivity contribution < 1.29 is 4.79 Å². The van der Waals surface area contributed by atoms with E-state index in [-0.39, 0.29) is 11.9 Å². The topological polar surface area (TPSA) is 83.8 Å². The largest absolute Gasteiger partial charge is 0.349 e. The van der Waals surface area contributed by atoms with E-state index in [0.29, 0.717) is 18.2 Å². The van der Waals surface area contributed by atoms with E-state index in [1.807, 2.05) is 0 Å². The molecular weight excluding hydrogens is 180 g/mol. The van der Waals surface area contributed by atoms with Crippen LogP contribution in [0.4, 0.5) is 0 Å². The van der Waals surface area contributed by atoms with Crippen molar-refractivity contribution in [3.05, 3.63) is 18.0 Å². The molecule has 1 saturated carbocycles. The van der Waals surface area contributed by atoms with Crippen LogP contribution < -0.4 is 11.1 Å². The maximum atomic E-state index is 11.4. The van der Waals surface area contributed by atoms with Gasteiger partial charge in [0, 0.05) is 18.8 Å². The first-order chi connectivity index (χ1) is 6.77. The first kappa shape index (κ1) is 9.21. The Hall–Kier alpha value is -1.36. The zero-order valence-electron chi connectivity index (χ0n) is 7.86. The molecule has 4 N–H and O–H groups in total. The molecule has 5 heteroatoms. The number of carbonyl (C=O) groups is 1. The second-order valence-electron chi connectivity index (χ2n) is 3.68. The van der Waals surface area contributed by atoms with E-state index in [1.165, 1.54) is 12.8 Å². The van der Waals surface area contributed by atoms with Crippen LogP contribution in [-0.2, 0) is 0 Å². The Morgan fingerprint density at radius 3 is 3.14 bits per heavy atom. The molecule has 1 amide bonds. The number of aromatic nitrogens is 2. The van der Waals surface area contributed by atoms with E-state index in [0.717, 1.165) is 0 Å². The summed E-state index contributed by atoms with van der Waals surface area (Å²) in [7, 11) is 0. The highest BCUT2D eigenvalue weighted by Crippen LogP contribution is 2.31. The smallest absolute Gasteiger partial charge is 0.269 e. The Balaban J connectivity index is 1.77. The SMILES string of the molecule is NC(CNC(=O)c1ccn[nH]1)C1CC1. The standard InChI is InChI=1S/C9H14N4O/c10-7(6-1-2-6)5-11-9(14)8-3-4-12-13-8/h3-4,6-7H,1-2,5,10H2,(H,11,14)(H,12,13). The highest BCUT2D eigenvalue weighted by atomic mass is 16.1. The summed E-state index contributed by atoms with van der Waals surface area (Å²) in [5, 5.41) is 9.07. The molecule has 1 unspecified atom stereocenters. The fraction of sp³-hybridized carbons (Fsp3) is 0.556. The lowest BCUT2D eigenvalue weighted by Crippen LogP contribution is -2.38. The lowest BCUT2D eigenvalue weighted by Gasteiger charge is -2.10. The van der Waals surface area contributed by atoms with E-state index >= 15 is 0 Å². The number of nitrogens with one attached hydrogen (secondary N) is 2. The van der Waals surface area contributed by atoms with E-state index < -0.39 is 0 Å². The number of aromatic amines is 1. The van der Waals surface area contributed by atoms with Gasteiger partial charge in [0.15, 0.2) is 0 Å². The van der Waals surface area contributed by atoms with Crippen LogP contribution in [-0.4, -0.2) is 28.7 Å².